The van der Waals surface area contributed by atoms with E-state index in [1.165, 1.54) is 50.8 Å². The van der Waals surface area contributed by atoms with E-state index in [2.05, 4.69) is 27.2 Å². The number of nitrogens with one attached hydrogen (secondary N) is 1. The van der Waals surface area contributed by atoms with Crippen LogP contribution in [0.2, 0.25) is 0 Å². The Morgan fingerprint density at radius 2 is 1.58 bits per heavy atom. The van der Waals surface area contributed by atoms with E-state index in [0.29, 0.717) is 23.5 Å². The number of carbonyl (C=O) groups excluding carboxylic acids is 1. The van der Waals surface area contributed by atoms with Crippen LogP contribution in [0.15, 0.2) is 36.4 Å². The van der Waals surface area contributed by atoms with Crippen molar-refractivity contribution in [3.05, 3.63) is 47.5 Å². The summed E-state index contributed by atoms with van der Waals surface area (Å²) in [4.78, 5) is 19.5. The van der Waals surface area contributed by atoms with Crippen molar-refractivity contribution in [1.82, 2.24) is 15.1 Å². The molecule has 2 aromatic carbocycles. The van der Waals surface area contributed by atoms with Crippen LogP contribution < -0.4 is 24.3 Å². The lowest BCUT2D eigenvalue weighted by Gasteiger charge is -2.42. The zero-order chi connectivity index (χ0) is 30.2. The van der Waals surface area contributed by atoms with Crippen LogP contribution in [0, 0.1) is 0 Å². The highest BCUT2D eigenvalue weighted by Crippen LogP contribution is 2.43. The number of methoxy groups -OCH3 is 4. The fraction of sp³-hybridized carbons (Fsp3) is 0.629. The quantitative estimate of drug-likeness (QED) is 0.351. The van der Waals surface area contributed by atoms with E-state index in [-0.39, 0.29) is 17.2 Å². The van der Waals surface area contributed by atoms with Crippen molar-refractivity contribution in [3.8, 4) is 23.0 Å². The van der Waals surface area contributed by atoms with Crippen molar-refractivity contribution in [3.63, 3.8) is 0 Å². The molecular weight excluding hydrogens is 542 g/mol. The van der Waals surface area contributed by atoms with Gasteiger partial charge in [0.15, 0.2) is 17.3 Å². The molecule has 8 nitrogen and oxygen atoms in total. The number of hydrogen-bond donors (Lipinski definition) is 1. The van der Waals surface area contributed by atoms with Crippen LogP contribution in [-0.4, -0.2) is 95.4 Å². The van der Waals surface area contributed by atoms with Crippen molar-refractivity contribution in [2.75, 3.05) is 67.7 Å². The fourth-order valence-electron chi connectivity index (χ4n) is 7.61. The summed E-state index contributed by atoms with van der Waals surface area (Å²) in [5, 5.41) is 3.60. The molecule has 0 aromatic heterocycles. The average molecular weight is 594 g/mol. The van der Waals surface area contributed by atoms with Gasteiger partial charge in [-0.25, -0.2) is 0 Å². The summed E-state index contributed by atoms with van der Waals surface area (Å²) < 4.78 is 22.4. The largest absolute Gasteiger partial charge is 0.497 e. The molecule has 1 N–H and O–H groups in total. The van der Waals surface area contributed by atoms with Crippen LogP contribution in [0.25, 0.3) is 0 Å². The minimum Gasteiger partial charge on any atom is -0.497 e. The topological polar surface area (TPSA) is 72.5 Å². The summed E-state index contributed by atoms with van der Waals surface area (Å²) in [6.45, 7) is 6.65. The molecule has 3 saturated heterocycles. The second kappa shape index (κ2) is 14.8. The molecule has 43 heavy (non-hydrogen) atoms. The van der Waals surface area contributed by atoms with Gasteiger partial charge in [0.25, 0.3) is 0 Å². The molecule has 5 rings (SSSR count). The number of benzene rings is 2. The molecule has 0 bridgehead atoms. The summed E-state index contributed by atoms with van der Waals surface area (Å²) in [5.74, 6) is 2.74. The van der Waals surface area contributed by atoms with Crippen molar-refractivity contribution in [1.29, 1.82) is 0 Å². The number of ether oxygens (including phenoxy) is 4. The molecule has 3 heterocycles. The normalized spacial score (nSPS) is 24.2. The fourth-order valence-corrected chi connectivity index (χ4v) is 7.61. The van der Waals surface area contributed by atoms with Gasteiger partial charge in [-0.3, -0.25) is 4.79 Å². The number of ketones is 1. The Morgan fingerprint density at radius 3 is 2.28 bits per heavy atom. The van der Waals surface area contributed by atoms with Crippen LogP contribution in [0.5, 0.6) is 23.0 Å². The van der Waals surface area contributed by atoms with E-state index in [1.807, 2.05) is 18.2 Å². The molecule has 3 fully saturated rings. The first-order chi connectivity index (χ1) is 21.0. The molecule has 2 aromatic rings. The molecule has 3 aliphatic rings. The third kappa shape index (κ3) is 7.30. The average Bonchev–Trinajstić information content (AvgIpc) is 3.30. The van der Waals surface area contributed by atoms with Gasteiger partial charge >= 0.3 is 0 Å². The summed E-state index contributed by atoms with van der Waals surface area (Å²) in [5.41, 5.74) is 1.62. The number of nitrogens with zero attached hydrogens (tertiary/aromatic N) is 2. The van der Waals surface area contributed by atoms with Crippen LogP contribution in [-0.2, 0) is 5.41 Å². The summed E-state index contributed by atoms with van der Waals surface area (Å²) in [7, 11) is 6.59. The maximum Gasteiger partial charge on any atom is 0.183 e. The zero-order valence-electron chi connectivity index (χ0n) is 26.7. The third-order valence-corrected chi connectivity index (χ3v) is 10.2. The minimum absolute atomic E-state index is 0.0635. The number of hydrogen-bond acceptors (Lipinski definition) is 8. The van der Waals surface area contributed by atoms with Crippen molar-refractivity contribution in [2.45, 2.75) is 75.3 Å². The Balaban J connectivity index is 1.38. The van der Waals surface area contributed by atoms with Crippen LogP contribution >= 0.6 is 0 Å². The standard InChI is InChI=1S/C35H51N3O5/c1-40-28-10-11-29(32(24-28)42-3)34(39)30-25-35(15-8-17-36-30,26-9-12-31(41-2)33(23-26)43-4)16-22-37-20-13-27(14-21-37)38-18-6-5-7-19-38/h9-12,23-24,27,30,36H,5-8,13-22,25H2,1-4H3. The van der Waals surface area contributed by atoms with Crippen LogP contribution in [0.1, 0.15) is 73.7 Å². The maximum atomic E-state index is 14.1. The van der Waals surface area contributed by atoms with E-state index in [9.17, 15) is 4.79 Å². The minimum atomic E-state index is -0.331. The van der Waals surface area contributed by atoms with Gasteiger partial charge in [-0.05, 0) is 126 Å². The van der Waals surface area contributed by atoms with Gasteiger partial charge in [0.1, 0.15) is 11.5 Å². The van der Waals surface area contributed by atoms with Gasteiger partial charge in [-0.2, -0.15) is 0 Å². The number of Topliss-reactive ketones (excluding diaryl/α,β-unsaturated/α-hetero) is 1. The highest BCUT2D eigenvalue weighted by atomic mass is 16.5. The molecular formula is C35H51N3O5. The lowest BCUT2D eigenvalue weighted by molar-refractivity contribution is 0.0853. The summed E-state index contributed by atoms with van der Waals surface area (Å²) >= 11 is 0. The number of carbonyl (C=O) groups is 1. The highest BCUT2D eigenvalue weighted by molar-refractivity contribution is 6.02. The predicted molar refractivity (Wildman–Crippen MR) is 170 cm³/mol. The first-order valence-electron chi connectivity index (χ1n) is 16.2. The van der Waals surface area contributed by atoms with E-state index in [1.54, 1.807) is 34.5 Å². The Bertz CT molecular complexity index is 1210. The molecule has 0 saturated carbocycles. The number of rotatable bonds is 11. The van der Waals surface area contributed by atoms with Crippen molar-refractivity contribution >= 4 is 5.78 Å². The van der Waals surface area contributed by atoms with Crippen molar-refractivity contribution in [2.24, 2.45) is 0 Å². The maximum absolute atomic E-state index is 14.1. The first kappa shape index (κ1) is 31.6. The monoisotopic (exact) mass is 593 g/mol. The van der Waals surface area contributed by atoms with Gasteiger partial charge in [-0.1, -0.05) is 12.5 Å². The number of piperidine rings is 2. The molecule has 0 spiro atoms. The van der Waals surface area contributed by atoms with Gasteiger partial charge in [0.05, 0.1) is 40.0 Å². The van der Waals surface area contributed by atoms with E-state index >= 15 is 0 Å². The highest BCUT2D eigenvalue weighted by Gasteiger charge is 2.40. The number of likely N-dealkylation sites (tertiary alicyclic amines) is 2. The SMILES string of the molecule is COc1ccc(C(=O)C2CC(CCN3CCC(N4CCCCC4)CC3)(c3ccc(OC)c(OC)c3)CCCN2)c(OC)c1. The molecule has 2 atom stereocenters. The molecule has 8 heteroatoms. The Kier molecular flexibility index (Phi) is 10.9. The molecule has 0 amide bonds. The van der Waals surface area contributed by atoms with E-state index < -0.39 is 0 Å². The Labute approximate surface area is 258 Å². The molecule has 0 radical (unpaired) electrons. The third-order valence-electron chi connectivity index (χ3n) is 10.2. The Hall–Kier alpha value is -2.81. The second-order valence-electron chi connectivity index (χ2n) is 12.5. The van der Waals surface area contributed by atoms with Crippen molar-refractivity contribution < 1.29 is 23.7 Å². The molecule has 3 aliphatic heterocycles. The van der Waals surface area contributed by atoms with Crippen LogP contribution in [0.4, 0.5) is 0 Å². The van der Waals surface area contributed by atoms with Crippen LogP contribution in [0.3, 0.4) is 0 Å². The lowest BCUT2D eigenvalue weighted by Crippen LogP contribution is -2.48. The molecule has 2 unspecified atom stereocenters. The zero-order valence-corrected chi connectivity index (χ0v) is 26.7. The molecule has 0 aliphatic carbocycles. The lowest BCUT2D eigenvalue weighted by atomic mass is 9.69. The second-order valence-corrected chi connectivity index (χ2v) is 12.5. The molecule has 236 valence electrons. The van der Waals surface area contributed by atoms with E-state index in [0.717, 1.165) is 63.0 Å². The van der Waals surface area contributed by atoms with Gasteiger partial charge in [0.2, 0.25) is 0 Å². The smallest absolute Gasteiger partial charge is 0.183 e. The predicted octanol–water partition coefficient (Wildman–Crippen LogP) is 5.32. The first-order valence-corrected chi connectivity index (χ1v) is 16.2. The van der Waals surface area contributed by atoms with E-state index in [4.69, 9.17) is 18.9 Å². The van der Waals surface area contributed by atoms with Gasteiger partial charge in [-0.15, -0.1) is 0 Å². The Morgan fingerprint density at radius 1 is 0.837 bits per heavy atom. The summed E-state index contributed by atoms with van der Waals surface area (Å²) in [6.07, 6.45) is 10.3. The van der Waals surface area contributed by atoms with Gasteiger partial charge in [0, 0.05) is 12.1 Å². The summed E-state index contributed by atoms with van der Waals surface area (Å²) in [6, 6.07) is 12.2. The van der Waals surface area contributed by atoms with Gasteiger partial charge < -0.3 is 34.1 Å².